The highest BCUT2D eigenvalue weighted by molar-refractivity contribution is 5.74. The molecule has 0 fully saturated rings. The van der Waals surface area contributed by atoms with Gasteiger partial charge in [-0.2, -0.15) is 0 Å². The molecule has 0 bridgehead atoms. The number of benzene rings is 2. The van der Waals surface area contributed by atoms with Gasteiger partial charge in [-0.05, 0) is 83.3 Å². The number of hydrogen-bond acceptors (Lipinski definition) is 2. The SMILES string of the molecule is CCc1cc(-c2cc(CC)c(O)cc2CC)c(CC)cc1O. The highest BCUT2D eigenvalue weighted by Crippen LogP contribution is 2.36. The van der Waals surface area contributed by atoms with Crippen molar-refractivity contribution in [2.24, 2.45) is 0 Å². The molecular weight excluding hydrogens is 272 g/mol. The summed E-state index contributed by atoms with van der Waals surface area (Å²) in [6.07, 6.45) is 3.36. The molecule has 118 valence electrons. The first-order chi connectivity index (χ1) is 10.5. The van der Waals surface area contributed by atoms with Crippen LogP contribution in [0.2, 0.25) is 0 Å². The maximum absolute atomic E-state index is 10.1. The van der Waals surface area contributed by atoms with E-state index >= 15 is 0 Å². The lowest BCUT2D eigenvalue weighted by atomic mass is 9.89. The van der Waals surface area contributed by atoms with Crippen LogP contribution in [0.3, 0.4) is 0 Å². The summed E-state index contributed by atoms with van der Waals surface area (Å²) in [5, 5.41) is 20.3. The molecule has 0 unspecified atom stereocenters. The molecule has 2 rings (SSSR count). The first-order valence-corrected chi connectivity index (χ1v) is 8.25. The van der Waals surface area contributed by atoms with Crippen molar-refractivity contribution >= 4 is 0 Å². The van der Waals surface area contributed by atoms with Crippen molar-refractivity contribution in [3.8, 4) is 22.6 Å². The lowest BCUT2D eigenvalue weighted by molar-refractivity contribution is 0.467. The van der Waals surface area contributed by atoms with Gasteiger partial charge in [-0.3, -0.25) is 0 Å². The van der Waals surface area contributed by atoms with Gasteiger partial charge in [0, 0.05) is 0 Å². The molecule has 0 aliphatic carbocycles. The Morgan fingerprint density at radius 3 is 1.14 bits per heavy atom. The molecule has 2 aromatic rings. The van der Waals surface area contributed by atoms with E-state index in [2.05, 4.69) is 39.8 Å². The van der Waals surface area contributed by atoms with Gasteiger partial charge < -0.3 is 10.2 Å². The molecule has 2 nitrogen and oxygen atoms in total. The van der Waals surface area contributed by atoms with Crippen LogP contribution in [-0.2, 0) is 25.7 Å². The van der Waals surface area contributed by atoms with Gasteiger partial charge in [0.1, 0.15) is 11.5 Å². The molecule has 2 N–H and O–H groups in total. The summed E-state index contributed by atoms with van der Waals surface area (Å²) in [5.41, 5.74) is 6.61. The fourth-order valence-electron chi connectivity index (χ4n) is 3.01. The maximum Gasteiger partial charge on any atom is 0.119 e. The summed E-state index contributed by atoms with van der Waals surface area (Å²) >= 11 is 0. The van der Waals surface area contributed by atoms with Gasteiger partial charge in [-0.1, -0.05) is 27.7 Å². The minimum absolute atomic E-state index is 0.385. The van der Waals surface area contributed by atoms with E-state index in [1.54, 1.807) is 0 Å². The lowest BCUT2D eigenvalue weighted by Gasteiger charge is -2.17. The summed E-state index contributed by atoms with van der Waals surface area (Å²) in [5.74, 6) is 0.770. The minimum atomic E-state index is 0.385. The predicted molar refractivity (Wildman–Crippen MR) is 92.7 cm³/mol. The van der Waals surface area contributed by atoms with E-state index in [0.29, 0.717) is 11.5 Å². The van der Waals surface area contributed by atoms with Gasteiger partial charge in [0.2, 0.25) is 0 Å². The Labute approximate surface area is 133 Å². The monoisotopic (exact) mass is 298 g/mol. The van der Waals surface area contributed by atoms with Crippen LogP contribution < -0.4 is 0 Å². The van der Waals surface area contributed by atoms with E-state index in [1.807, 2.05) is 12.1 Å². The number of aryl methyl sites for hydroxylation is 4. The third kappa shape index (κ3) is 2.96. The Bertz CT molecular complexity index is 612. The van der Waals surface area contributed by atoms with Crippen LogP contribution in [0.1, 0.15) is 49.9 Å². The van der Waals surface area contributed by atoms with Crippen molar-refractivity contribution in [3.63, 3.8) is 0 Å². The molecule has 0 radical (unpaired) electrons. The quantitative estimate of drug-likeness (QED) is 0.814. The largest absolute Gasteiger partial charge is 0.508 e. The predicted octanol–water partition coefficient (Wildman–Crippen LogP) is 5.01. The fraction of sp³-hybridized carbons (Fsp3) is 0.400. The summed E-state index contributed by atoms with van der Waals surface area (Å²) in [6, 6.07) is 8.01. The van der Waals surface area contributed by atoms with Crippen LogP contribution in [0, 0.1) is 0 Å². The van der Waals surface area contributed by atoms with Crippen molar-refractivity contribution < 1.29 is 10.2 Å². The molecule has 0 saturated carbocycles. The van der Waals surface area contributed by atoms with Gasteiger partial charge in [0.05, 0.1) is 0 Å². The first kappa shape index (κ1) is 16.4. The lowest BCUT2D eigenvalue weighted by Crippen LogP contribution is -1.97. The van der Waals surface area contributed by atoms with Gasteiger partial charge in [-0.15, -0.1) is 0 Å². The Morgan fingerprint density at radius 1 is 0.545 bits per heavy atom. The second kappa shape index (κ2) is 6.87. The molecule has 0 saturated heterocycles. The molecule has 0 heterocycles. The minimum Gasteiger partial charge on any atom is -0.508 e. The van der Waals surface area contributed by atoms with Crippen molar-refractivity contribution in [3.05, 3.63) is 46.5 Å². The summed E-state index contributed by atoms with van der Waals surface area (Å²) < 4.78 is 0. The van der Waals surface area contributed by atoms with Gasteiger partial charge in [0.25, 0.3) is 0 Å². The van der Waals surface area contributed by atoms with Crippen LogP contribution >= 0.6 is 0 Å². The van der Waals surface area contributed by atoms with Crippen LogP contribution in [0.4, 0.5) is 0 Å². The third-order valence-electron chi connectivity index (χ3n) is 4.42. The van der Waals surface area contributed by atoms with E-state index in [-0.39, 0.29) is 0 Å². The topological polar surface area (TPSA) is 40.5 Å². The second-order valence-electron chi connectivity index (χ2n) is 5.69. The molecule has 0 aromatic heterocycles. The van der Waals surface area contributed by atoms with Crippen molar-refractivity contribution in [1.29, 1.82) is 0 Å². The van der Waals surface area contributed by atoms with Crippen LogP contribution in [0.25, 0.3) is 11.1 Å². The Kier molecular flexibility index (Phi) is 5.12. The van der Waals surface area contributed by atoms with Crippen molar-refractivity contribution in [2.45, 2.75) is 53.4 Å². The second-order valence-corrected chi connectivity index (χ2v) is 5.69. The molecular formula is C20H26O2. The summed E-state index contributed by atoms with van der Waals surface area (Å²) in [7, 11) is 0. The van der Waals surface area contributed by atoms with Crippen LogP contribution in [0.15, 0.2) is 24.3 Å². The maximum atomic E-state index is 10.1. The zero-order chi connectivity index (χ0) is 16.3. The average Bonchev–Trinajstić information content (AvgIpc) is 2.54. The zero-order valence-corrected chi connectivity index (χ0v) is 14.0. The Hall–Kier alpha value is -1.96. The molecule has 2 aromatic carbocycles. The molecule has 22 heavy (non-hydrogen) atoms. The van der Waals surface area contributed by atoms with E-state index in [0.717, 1.165) is 47.9 Å². The Balaban J connectivity index is 2.74. The van der Waals surface area contributed by atoms with Gasteiger partial charge in [-0.25, -0.2) is 0 Å². The number of phenols is 2. The van der Waals surface area contributed by atoms with E-state index < -0.39 is 0 Å². The summed E-state index contributed by atoms with van der Waals surface area (Å²) in [6.45, 7) is 8.33. The smallest absolute Gasteiger partial charge is 0.119 e. The molecule has 0 atom stereocenters. The molecule has 2 heteroatoms. The first-order valence-electron chi connectivity index (χ1n) is 8.25. The van der Waals surface area contributed by atoms with Crippen molar-refractivity contribution in [2.75, 3.05) is 0 Å². The van der Waals surface area contributed by atoms with E-state index in [4.69, 9.17) is 0 Å². The van der Waals surface area contributed by atoms with Crippen LogP contribution in [-0.4, -0.2) is 10.2 Å². The normalized spacial score (nSPS) is 10.9. The van der Waals surface area contributed by atoms with Crippen molar-refractivity contribution in [1.82, 2.24) is 0 Å². The molecule has 0 amide bonds. The molecule has 0 spiro atoms. The van der Waals surface area contributed by atoms with Gasteiger partial charge in [0.15, 0.2) is 0 Å². The van der Waals surface area contributed by atoms with Gasteiger partial charge >= 0.3 is 0 Å². The average molecular weight is 298 g/mol. The number of rotatable bonds is 5. The number of hydrogen-bond donors (Lipinski definition) is 2. The molecule has 0 aliphatic heterocycles. The van der Waals surface area contributed by atoms with E-state index in [1.165, 1.54) is 11.1 Å². The zero-order valence-electron chi connectivity index (χ0n) is 14.0. The number of aromatic hydroxyl groups is 2. The third-order valence-corrected chi connectivity index (χ3v) is 4.42. The summed E-state index contributed by atoms with van der Waals surface area (Å²) in [4.78, 5) is 0. The van der Waals surface area contributed by atoms with E-state index in [9.17, 15) is 10.2 Å². The van der Waals surface area contributed by atoms with Crippen LogP contribution in [0.5, 0.6) is 11.5 Å². The Morgan fingerprint density at radius 2 is 0.864 bits per heavy atom. The standard InChI is InChI=1S/C20H26O2/c1-5-13-11-19(21)15(7-3)9-17(13)18-10-16(8-4)20(22)12-14(18)6-2/h9-12,21-22H,5-8H2,1-4H3. The number of phenolic OH excluding ortho intramolecular Hbond substituents is 2. The highest BCUT2D eigenvalue weighted by atomic mass is 16.3. The molecule has 0 aliphatic rings. The highest BCUT2D eigenvalue weighted by Gasteiger charge is 2.14. The fourth-order valence-corrected chi connectivity index (χ4v) is 3.01.